The van der Waals surface area contributed by atoms with E-state index in [-0.39, 0.29) is 24.7 Å². The summed E-state index contributed by atoms with van der Waals surface area (Å²) < 4.78 is 12.8. The Morgan fingerprint density at radius 2 is 2.24 bits per heavy atom. The monoisotopic (exact) mass is 341 g/mol. The molecule has 1 fully saturated rings. The summed E-state index contributed by atoms with van der Waals surface area (Å²) in [5.74, 6) is 0.932. The Kier molecular flexibility index (Phi) is 4.95. The second-order valence-corrected chi connectivity index (χ2v) is 5.85. The largest absolute Gasteiger partial charge is 0.482 e. The minimum Gasteiger partial charge on any atom is -0.482 e. The van der Waals surface area contributed by atoms with Crippen LogP contribution < -0.4 is 4.74 Å². The summed E-state index contributed by atoms with van der Waals surface area (Å²) in [4.78, 5) is 14.4. The van der Waals surface area contributed by atoms with Gasteiger partial charge in [-0.3, -0.25) is 4.79 Å². The summed E-state index contributed by atoms with van der Waals surface area (Å²) in [6, 6.07) is 8.68. The molecule has 0 aliphatic carbocycles. The summed E-state index contributed by atoms with van der Waals surface area (Å²) in [6.45, 7) is 0.319. The van der Waals surface area contributed by atoms with Gasteiger partial charge in [0.25, 0.3) is 5.91 Å². The average molecular weight is 341 g/mol. The third kappa shape index (κ3) is 3.46. The lowest BCUT2D eigenvalue weighted by molar-refractivity contribution is -0.134. The molecule has 1 saturated heterocycles. The van der Waals surface area contributed by atoms with Crippen molar-refractivity contribution in [2.45, 2.75) is 18.6 Å². The maximum Gasteiger partial charge on any atom is 0.261 e. The maximum atomic E-state index is 12.7. The Morgan fingerprint density at radius 3 is 2.92 bits per heavy atom. The van der Waals surface area contributed by atoms with E-state index < -0.39 is 0 Å². The molecule has 1 aromatic carbocycles. The number of nitrogens with zero attached hydrogens (tertiary/aromatic N) is 5. The average Bonchev–Trinajstić information content (AvgIpc) is 3.25. The topological polar surface area (TPSA) is 93.3 Å². The van der Waals surface area contributed by atoms with E-state index in [1.807, 2.05) is 7.05 Å². The molecule has 1 amide bonds. The Balaban J connectivity index is 1.73. The molecule has 2 heterocycles. The first-order chi connectivity index (χ1) is 12.1. The van der Waals surface area contributed by atoms with Gasteiger partial charge in [0.15, 0.2) is 12.4 Å². The highest BCUT2D eigenvalue weighted by Crippen LogP contribution is 2.32. The summed E-state index contributed by atoms with van der Waals surface area (Å²) in [6.07, 6.45) is 2.21. The molecule has 1 aliphatic heterocycles. The number of nitriles is 1. The predicted octanol–water partition coefficient (Wildman–Crippen LogP) is 1.05. The molecule has 2 atom stereocenters. The third-order valence-electron chi connectivity index (χ3n) is 4.32. The van der Waals surface area contributed by atoms with E-state index in [2.05, 4.69) is 16.3 Å². The van der Waals surface area contributed by atoms with Gasteiger partial charge in [0.2, 0.25) is 0 Å². The van der Waals surface area contributed by atoms with E-state index in [9.17, 15) is 4.79 Å². The number of aryl methyl sites for hydroxylation is 1. The number of likely N-dealkylation sites (tertiary alicyclic amines) is 1. The van der Waals surface area contributed by atoms with Crippen LogP contribution in [0, 0.1) is 11.3 Å². The Morgan fingerprint density at radius 1 is 1.44 bits per heavy atom. The van der Waals surface area contributed by atoms with Gasteiger partial charge in [0, 0.05) is 27.1 Å². The van der Waals surface area contributed by atoms with Gasteiger partial charge in [0.1, 0.15) is 18.1 Å². The highest BCUT2D eigenvalue weighted by Gasteiger charge is 2.38. The molecule has 25 heavy (non-hydrogen) atoms. The summed E-state index contributed by atoms with van der Waals surface area (Å²) in [5, 5.41) is 17.1. The molecule has 8 heteroatoms. The van der Waals surface area contributed by atoms with Gasteiger partial charge >= 0.3 is 0 Å². The Hall–Kier alpha value is -2.92. The number of amides is 1. The van der Waals surface area contributed by atoms with Crippen LogP contribution in [-0.4, -0.2) is 51.9 Å². The molecule has 1 aliphatic rings. The van der Waals surface area contributed by atoms with Crippen molar-refractivity contribution < 1.29 is 14.3 Å². The number of para-hydroxylation sites is 1. The van der Waals surface area contributed by atoms with E-state index in [1.165, 1.54) is 0 Å². The molecule has 1 aromatic heterocycles. The number of aromatic nitrogens is 3. The van der Waals surface area contributed by atoms with Crippen LogP contribution in [0.4, 0.5) is 0 Å². The van der Waals surface area contributed by atoms with Crippen molar-refractivity contribution in [3.05, 3.63) is 42.0 Å². The van der Waals surface area contributed by atoms with Gasteiger partial charge in [-0.25, -0.2) is 0 Å². The lowest BCUT2D eigenvalue weighted by Crippen LogP contribution is -2.36. The zero-order valence-corrected chi connectivity index (χ0v) is 14.1. The van der Waals surface area contributed by atoms with Gasteiger partial charge in [-0.2, -0.15) is 5.26 Å². The van der Waals surface area contributed by atoms with Crippen molar-refractivity contribution in [3.8, 4) is 11.8 Å². The number of rotatable bonds is 5. The second kappa shape index (κ2) is 7.32. The van der Waals surface area contributed by atoms with Gasteiger partial charge in [-0.05, 0) is 12.1 Å². The Labute approximate surface area is 145 Å². The molecule has 3 rings (SSSR count). The van der Waals surface area contributed by atoms with Gasteiger partial charge in [-0.15, -0.1) is 10.2 Å². The quantitative estimate of drug-likeness (QED) is 0.807. The number of carbonyl (C=O) groups excluding carboxylic acids is 1. The molecular formula is C17H19N5O3. The molecule has 2 aromatic rings. The van der Waals surface area contributed by atoms with Crippen LogP contribution in [-0.2, 0) is 16.6 Å². The van der Waals surface area contributed by atoms with Crippen LogP contribution in [0.3, 0.4) is 0 Å². The highest BCUT2D eigenvalue weighted by atomic mass is 16.5. The van der Waals surface area contributed by atoms with E-state index in [1.54, 1.807) is 47.2 Å². The van der Waals surface area contributed by atoms with Crippen LogP contribution in [0.25, 0.3) is 0 Å². The maximum absolute atomic E-state index is 12.7. The molecule has 130 valence electrons. The zero-order valence-electron chi connectivity index (χ0n) is 14.1. The molecule has 8 nitrogen and oxygen atoms in total. The fraction of sp³-hybridized carbons (Fsp3) is 0.412. The minimum absolute atomic E-state index is 0.0583. The highest BCUT2D eigenvalue weighted by molar-refractivity contribution is 5.78. The standard InChI is InChI=1S/C17H19N5O3/c1-21-11-19-20-17(21)14-7-13(24-2)9-22(14)16(23)10-25-15-6-4-3-5-12(15)8-18/h3-6,11,13-14H,7,9-10H2,1-2H3/t13-,14+/m1/s1. The molecular weight excluding hydrogens is 322 g/mol. The first-order valence-electron chi connectivity index (χ1n) is 7.92. The lowest BCUT2D eigenvalue weighted by atomic mass is 10.2. The molecule has 0 unspecified atom stereocenters. The fourth-order valence-electron chi connectivity index (χ4n) is 2.99. The first kappa shape index (κ1) is 16.9. The zero-order chi connectivity index (χ0) is 17.8. The van der Waals surface area contributed by atoms with E-state index in [0.717, 1.165) is 0 Å². The van der Waals surface area contributed by atoms with Crippen LogP contribution in [0.15, 0.2) is 30.6 Å². The molecule has 0 N–H and O–H groups in total. The van der Waals surface area contributed by atoms with Gasteiger partial charge < -0.3 is 18.9 Å². The summed E-state index contributed by atoms with van der Waals surface area (Å²) in [5.41, 5.74) is 0.399. The summed E-state index contributed by atoms with van der Waals surface area (Å²) >= 11 is 0. The van der Waals surface area contributed by atoms with Gasteiger partial charge in [-0.1, -0.05) is 12.1 Å². The van der Waals surface area contributed by atoms with Crippen LogP contribution in [0.1, 0.15) is 23.9 Å². The number of ether oxygens (including phenoxy) is 2. The van der Waals surface area contributed by atoms with Crippen molar-refractivity contribution >= 4 is 5.91 Å². The normalized spacial score (nSPS) is 19.6. The van der Waals surface area contributed by atoms with Crippen LogP contribution in [0.5, 0.6) is 5.75 Å². The van der Waals surface area contributed by atoms with Crippen molar-refractivity contribution in [1.82, 2.24) is 19.7 Å². The SMILES string of the molecule is CO[C@@H]1C[C@@H](c2nncn2C)N(C(=O)COc2ccccc2C#N)C1. The summed E-state index contributed by atoms with van der Waals surface area (Å²) in [7, 11) is 3.48. The van der Waals surface area contributed by atoms with Crippen molar-refractivity contribution in [2.24, 2.45) is 7.05 Å². The second-order valence-electron chi connectivity index (χ2n) is 5.85. The first-order valence-corrected chi connectivity index (χ1v) is 7.92. The van der Waals surface area contributed by atoms with Crippen molar-refractivity contribution in [1.29, 1.82) is 5.26 Å². The molecule has 0 radical (unpaired) electrons. The number of methoxy groups -OCH3 is 1. The lowest BCUT2D eigenvalue weighted by Gasteiger charge is -2.23. The molecule has 0 saturated carbocycles. The van der Waals surface area contributed by atoms with Crippen molar-refractivity contribution in [3.63, 3.8) is 0 Å². The third-order valence-corrected chi connectivity index (χ3v) is 4.32. The predicted molar refractivity (Wildman–Crippen MR) is 87.5 cm³/mol. The smallest absolute Gasteiger partial charge is 0.261 e. The van der Waals surface area contributed by atoms with E-state index in [4.69, 9.17) is 14.7 Å². The number of carbonyl (C=O) groups is 1. The van der Waals surface area contributed by atoms with Crippen molar-refractivity contribution in [2.75, 3.05) is 20.3 Å². The van der Waals surface area contributed by atoms with Crippen LogP contribution >= 0.6 is 0 Å². The number of hydrogen-bond acceptors (Lipinski definition) is 6. The molecule has 0 spiro atoms. The van der Waals surface area contributed by atoms with Gasteiger partial charge in [0.05, 0.1) is 17.7 Å². The molecule has 0 bridgehead atoms. The number of hydrogen-bond donors (Lipinski definition) is 0. The number of benzene rings is 1. The minimum atomic E-state index is -0.209. The van der Waals surface area contributed by atoms with Crippen LogP contribution in [0.2, 0.25) is 0 Å². The van der Waals surface area contributed by atoms with E-state index in [0.29, 0.717) is 30.1 Å². The fourth-order valence-corrected chi connectivity index (χ4v) is 2.99. The van der Waals surface area contributed by atoms with E-state index >= 15 is 0 Å². The Bertz CT molecular complexity index is 798.